The molecule has 0 radical (unpaired) electrons. The van der Waals surface area contributed by atoms with Crippen LogP contribution in [0.25, 0.3) is 0 Å². The van der Waals surface area contributed by atoms with Crippen LogP contribution in [0.2, 0.25) is 0 Å². The van der Waals surface area contributed by atoms with Crippen molar-refractivity contribution in [2.75, 3.05) is 0 Å². The number of nitrogens with zero attached hydrogens (tertiary/aromatic N) is 2. The molecule has 0 bridgehead atoms. The van der Waals surface area contributed by atoms with Crippen molar-refractivity contribution >= 4 is 5.78 Å². The zero-order valence-corrected chi connectivity index (χ0v) is 9.86. The van der Waals surface area contributed by atoms with E-state index in [2.05, 4.69) is 23.4 Å². The minimum absolute atomic E-state index is 0.282. The van der Waals surface area contributed by atoms with Gasteiger partial charge in [-0.25, -0.2) is 4.98 Å². The third kappa shape index (κ3) is 3.86. The number of hydrogen-bond donors (Lipinski definition) is 0. The molecule has 0 aromatic carbocycles. The molecule has 0 atom stereocenters. The van der Waals surface area contributed by atoms with Gasteiger partial charge in [-0.05, 0) is 19.8 Å². The van der Waals surface area contributed by atoms with Gasteiger partial charge < -0.3 is 9.36 Å². The molecule has 0 aliphatic carbocycles. The lowest BCUT2D eigenvalue weighted by atomic mass is 10.2. The average Bonchev–Trinajstić information content (AvgIpc) is 2.60. The summed E-state index contributed by atoms with van der Waals surface area (Å²) in [4.78, 5) is 15.1. The fourth-order valence-electron chi connectivity index (χ4n) is 1.67. The Morgan fingerprint density at radius 1 is 1.47 bits per heavy atom. The molecule has 0 aliphatic rings. The quantitative estimate of drug-likeness (QED) is 0.674. The Hall–Kier alpha value is -1.12. The number of carbonyl (C=O) groups is 1. The molecule has 1 heterocycles. The van der Waals surface area contributed by atoms with E-state index in [0.29, 0.717) is 12.3 Å². The molecule has 15 heavy (non-hydrogen) atoms. The molecule has 1 aromatic heterocycles. The van der Waals surface area contributed by atoms with Gasteiger partial charge in [-0.3, -0.25) is 0 Å². The number of imidazole rings is 1. The van der Waals surface area contributed by atoms with Crippen molar-refractivity contribution in [2.24, 2.45) is 0 Å². The lowest BCUT2D eigenvalue weighted by Crippen LogP contribution is -2.05. The summed E-state index contributed by atoms with van der Waals surface area (Å²) in [5.74, 6) is 1.88. The monoisotopic (exact) mass is 208 g/mol. The fraction of sp³-hybridized carbons (Fsp3) is 0.667. The lowest BCUT2D eigenvalue weighted by Gasteiger charge is -2.09. The van der Waals surface area contributed by atoms with Crippen LogP contribution in [-0.4, -0.2) is 15.3 Å². The van der Waals surface area contributed by atoms with Crippen molar-refractivity contribution in [3.63, 3.8) is 0 Å². The molecular weight excluding hydrogens is 188 g/mol. The van der Waals surface area contributed by atoms with Crippen LogP contribution in [0.15, 0.2) is 12.4 Å². The van der Waals surface area contributed by atoms with E-state index in [1.54, 1.807) is 6.92 Å². The number of unbranched alkanes of at least 4 members (excludes halogenated alkanes) is 1. The average molecular weight is 208 g/mol. The maximum absolute atomic E-state index is 10.8. The van der Waals surface area contributed by atoms with Gasteiger partial charge >= 0.3 is 0 Å². The smallest absolute Gasteiger partial charge is 0.129 e. The summed E-state index contributed by atoms with van der Waals surface area (Å²) in [7, 11) is 0. The van der Waals surface area contributed by atoms with E-state index < -0.39 is 0 Å². The maximum Gasteiger partial charge on any atom is 0.129 e. The Morgan fingerprint density at radius 3 is 2.80 bits per heavy atom. The maximum atomic E-state index is 10.8. The molecule has 3 heteroatoms. The van der Waals surface area contributed by atoms with Crippen molar-refractivity contribution in [1.82, 2.24) is 9.55 Å². The molecule has 3 nitrogen and oxygen atoms in total. The van der Waals surface area contributed by atoms with Crippen molar-refractivity contribution in [3.05, 3.63) is 18.2 Å². The number of aryl methyl sites for hydroxylation is 1. The van der Waals surface area contributed by atoms with E-state index in [4.69, 9.17) is 0 Å². The van der Waals surface area contributed by atoms with E-state index in [0.717, 1.165) is 25.2 Å². The first-order valence-corrected chi connectivity index (χ1v) is 5.61. The molecule has 0 N–H and O–H groups in total. The summed E-state index contributed by atoms with van der Waals surface area (Å²) in [6.07, 6.45) is 6.59. The molecule has 0 saturated carbocycles. The molecule has 0 unspecified atom stereocenters. The Morgan fingerprint density at radius 2 is 2.20 bits per heavy atom. The molecule has 0 amide bonds. The van der Waals surface area contributed by atoms with Crippen LogP contribution in [0.5, 0.6) is 0 Å². The van der Waals surface area contributed by atoms with Crippen molar-refractivity contribution in [3.8, 4) is 0 Å². The first-order valence-electron chi connectivity index (χ1n) is 5.61. The SMILES string of the molecule is CC(=O)CCCCn1ccnc1C(C)C. The van der Waals surface area contributed by atoms with E-state index in [9.17, 15) is 4.79 Å². The van der Waals surface area contributed by atoms with E-state index >= 15 is 0 Å². The lowest BCUT2D eigenvalue weighted by molar-refractivity contribution is -0.117. The van der Waals surface area contributed by atoms with Gasteiger partial charge in [0.05, 0.1) is 0 Å². The molecule has 1 aromatic rings. The summed E-state index contributed by atoms with van der Waals surface area (Å²) >= 11 is 0. The fourth-order valence-corrected chi connectivity index (χ4v) is 1.67. The van der Waals surface area contributed by atoms with Crippen LogP contribution in [0.4, 0.5) is 0 Å². The van der Waals surface area contributed by atoms with Gasteiger partial charge in [-0.1, -0.05) is 13.8 Å². The Balaban J connectivity index is 2.37. The van der Waals surface area contributed by atoms with Gasteiger partial charge in [0.1, 0.15) is 11.6 Å². The van der Waals surface area contributed by atoms with Gasteiger partial charge in [-0.2, -0.15) is 0 Å². The second kappa shape index (κ2) is 5.69. The molecule has 0 fully saturated rings. The van der Waals surface area contributed by atoms with Crippen LogP contribution in [0.3, 0.4) is 0 Å². The number of ketones is 1. The third-order valence-electron chi connectivity index (χ3n) is 2.44. The number of Topliss-reactive ketones (excluding diaryl/α,β-unsaturated/α-hetero) is 1. The zero-order valence-electron chi connectivity index (χ0n) is 9.86. The number of aromatic nitrogens is 2. The number of rotatable bonds is 6. The predicted octanol–water partition coefficient (Wildman–Crippen LogP) is 2.77. The molecule has 0 aliphatic heterocycles. The van der Waals surface area contributed by atoms with Gasteiger partial charge in [0.15, 0.2) is 0 Å². The van der Waals surface area contributed by atoms with Gasteiger partial charge in [0, 0.05) is 31.3 Å². The van der Waals surface area contributed by atoms with Crippen molar-refractivity contribution < 1.29 is 4.79 Å². The Bertz CT molecular complexity index is 315. The van der Waals surface area contributed by atoms with E-state index in [1.807, 2.05) is 12.4 Å². The van der Waals surface area contributed by atoms with Gasteiger partial charge in [0.2, 0.25) is 0 Å². The highest BCUT2D eigenvalue weighted by atomic mass is 16.1. The Labute approximate surface area is 91.5 Å². The van der Waals surface area contributed by atoms with Crippen LogP contribution in [0, 0.1) is 0 Å². The van der Waals surface area contributed by atoms with Crippen LogP contribution >= 0.6 is 0 Å². The standard InChI is InChI=1S/C12H20N2O/c1-10(2)12-13-7-9-14(12)8-5-4-6-11(3)15/h7,9-10H,4-6,8H2,1-3H3. The predicted molar refractivity (Wildman–Crippen MR) is 60.8 cm³/mol. The summed E-state index contributed by atoms with van der Waals surface area (Å²) in [6, 6.07) is 0. The van der Waals surface area contributed by atoms with Gasteiger partial charge in [0.25, 0.3) is 0 Å². The minimum atomic E-state index is 0.282. The van der Waals surface area contributed by atoms with Crippen molar-refractivity contribution in [2.45, 2.75) is 52.5 Å². The van der Waals surface area contributed by atoms with E-state index in [-0.39, 0.29) is 5.78 Å². The highest BCUT2D eigenvalue weighted by molar-refractivity contribution is 5.75. The normalized spacial score (nSPS) is 10.9. The second-order valence-corrected chi connectivity index (χ2v) is 4.29. The topological polar surface area (TPSA) is 34.9 Å². The highest BCUT2D eigenvalue weighted by Gasteiger charge is 2.06. The third-order valence-corrected chi connectivity index (χ3v) is 2.44. The zero-order chi connectivity index (χ0) is 11.3. The summed E-state index contributed by atoms with van der Waals surface area (Å²) in [5, 5.41) is 0. The minimum Gasteiger partial charge on any atom is -0.335 e. The molecule has 0 spiro atoms. The number of carbonyl (C=O) groups excluding carboxylic acids is 1. The van der Waals surface area contributed by atoms with Crippen LogP contribution < -0.4 is 0 Å². The Kier molecular flexibility index (Phi) is 4.53. The van der Waals surface area contributed by atoms with Crippen LogP contribution in [0.1, 0.15) is 51.8 Å². The molecular formula is C12H20N2O. The first-order chi connectivity index (χ1) is 7.11. The molecule has 84 valence electrons. The largest absolute Gasteiger partial charge is 0.335 e. The highest BCUT2D eigenvalue weighted by Crippen LogP contribution is 2.12. The number of hydrogen-bond acceptors (Lipinski definition) is 2. The summed E-state index contributed by atoms with van der Waals surface area (Å²) < 4.78 is 2.19. The second-order valence-electron chi connectivity index (χ2n) is 4.29. The molecule has 0 saturated heterocycles. The summed E-state index contributed by atoms with van der Waals surface area (Å²) in [5.41, 5.74) is 0. The van der Waals surface area contributed by atoms with E-state index in [1.165, 1.54) is 0 Å². The summed E-state index contributed by atoms with van der Waals surface area (Å²) in [6.45, 7) is 6.92. The van der Waals surface area contributed by atoms with Gasteiger partial charge in [-0.15, -0.1) is 0 Å². The molecule has 1 rings (SSSR count). The van der Waals surface area contributed by atoms with Crippen LogP contribution in [-0.2, 0) is 11.3 Å². The first kappa shape index (κ1) is 12.0. The van der Waals surface area contributed by atoms with Crippen molar-refractivity contribution in [1.29, 1.82) is 0 Å².